The van der Waals surface area contributed by atoms with Crippen molar-refractivity contribution in [2.24, 2.45) is 0 Å². The predicted octanol–water partition coefficient (Wildman–Crippen LogP) is 19.1. The molecule has 77 heavy (non-hydrogen) atoms. The highest BCUT2D eigenvalue weighted by molar-refractivity contribution is 6.24. The highest BCUT2D eigenvalue weighted by Gasteiger charge is 2.30. The quantitative estimate of drug-likeness (QED) is 0.166. The van der Waals surface area contributed by atoms with Gasteiger partial charge in [-0.15, -0.1) is 0 Å². The van der Waals surface area contributed by atoms with Crippen molar-refractivity contribution in [1.82, 2.24) is 8.80 Å². The highest BCUT2D eigenvalue weighted by Crippen LogP contribution is 2.47. The minimum atomic E-state index is -0.0606. The molecule has 0 spiro atoms. The van der Waals surface area contributed by atoms with Crippen LogP contribution in [0.2, 0.25) is 0 Å². The van der Waals surface area contributed by atoms with Gasteiger partial charge in [0.15, 0.2) is 0 Å². The minimum absolute atomic E-state index is 0.00506. The number of benzene rings is 7. The summed E-state index contributed by atoms with van der Waals surface area (Å²) in [5.74, 6) is 0. The van der Waals surface area contributed by atoms with E-state index in [9.17, 15) is 0 Å². The van der Waals surface area contributed by atoms with E-state index in [2.05, 4.69) is 267 Å². The van der Waals surface area contributed by atoms with Gasteiger partial charge in [-0.3, -0.25) is 0 Å². The summed E-state index contributed by atoms with van der Waals surface area (Å²) >= 11 is 0. The normalized spacial score (nSPS) is 15.0. The lowest BCUT2D eigenvalue weighted by Gasteiger charge is -2.23. The van der Waals surface area contributed by atoms with Crippen molar-refractivity contribution in [1.29, 1.82) is 0 Å². The predicted molar refractivity (Wildman–Crippen MR) is 337 cm³/mol. The molecule has 7 aromatic carbocycles. The summed E-state index contributed by atoms with van der Waals surface area (Å²) in [5, 5.41) is 11.8. The van der Waals surface area contributed by atoms with Crippen LogP contribution in [0.4, 0.5) is 0 Å². The van der Waals surface area contributed by atoms with Crippen LogP contribution in [0.3, 0.4) is 0 Å². The Morgan fingerprint density at radius 1 is 0.364 bits per heavy atom. The van der Waals surface area contributed by atoms with Gasteiger partial charge in [-0.2, -0.15) is 0 Å². The number of rotatable bonds is 4. The molecule has 0 amide bonds. The van der Waals surface area contributed by atoms with Gasteiger partial charge in [0.2, 0.25) is 0 Å². The van der Waals surface area contributed by atoms with E-state index in [1.54, 1.807) is 0 Å². The molecule has 0 radical (unpaired) electrons. The smallest absolute Gasteiger partial charge is 0.0620 e. The van der Waals surface area contributed by atoms with Gasteiger partial charge < -0.3 is 8.80 Å². The maximum Gasteiger partial charge on any atom is 0.0620 e. The summed E-state index contributed by atoms with van der Waals surface area (Å²) in [5.41, 5.74) is 22.7. The first kappa shape index (κ1) is 50.9. The van der Waals surface area contributed by atoms with Gasteiger partial charge in [-0.25, -0.2) is 0 Å². The second kappa shape index (κ2) is 16.6. The molecule has 2 heteroatoms. The topological polar surface area (TPSA) is 8.82 Å². The fraction of sp³-hybridized carbons (Fsp3) is 0.333. The average molecular weight is 1010 g/mol. The van der Waals surface area contributed by atoms with E-state index in [0.29, 0.717) is 0 Å². The van der Waals surface area contributed by atoms with E-state index in [0.717, 1.165) is 23.1 Å². The fourth-order valence-corrected chi connectivity index (χ4v) is 12.7. The van der Waals surface area contributed by atoms with Crippen molar-refractivity contribution < 1.29 is 0 Å². The molecule has 390 valence electrons. The first-order valence-corrected chi connectivity index (χ1v) is 28.4. The van der Waals surface area contributed by atoms with Crippen molar-refractivity contribution in [3.8, 4) is 0 Å². The molecule has 1 aliphatic carbocycles. The molecule has 0 unspecified atom stereocenters. The van der Waals surface area contributed by atoms with Crippen molar-refractivity contribution in [2.45, 2.75) is 164 Å². The third-order valence-corrected chi connectivity index (χ3v) is 17.6. The van der Waals surface area contributed by atoms with Gasteiger partial charge in [0.05, 0.1) is 32.9 Å². The van der Waals surface area contributed by atoms with Crippen LogP contribution in [0.15, 0.2) is 133 Å². The van der Waals surface area contributed by atoms with Crippen molar-refractivity contribution in [2.75, 3.05) is 0 Å². The van der Waals surface area contributed by atoms with Crippen LogP contribution in [0.1, 0.15) is 187 Å². The summed E-state index contributed by atoms with van der Waals surface area (Å²) < 4.78 is 5.18. The van der Waals surface area contributed by atoms with E-state index >= 15 is 0 Å². The molecule has 0 saturated carbocycles. The Bertz CT molecular complexity index is 4420. The lowest BCUT2D eigenvalue weighted by atomic mass is 9.81. The first-order valence-electron chi connectivity index (χ1n) is 28.4. The van der Waals surface area contributed by atoms with Crippen LogP contribution < -0.4 is 10.6 Å². The van der Waals surface area contributed by atoms with Crippen molar-refractivity contribution in [3.05, 3.63) is 200 Å². The second-order valence-corrected chi connectivity index (χ2v) is 29.3. The Labute approximate surface area is 458 Å². The number of nitrogens with zero attached hydrogens (tertiary/aromatic N) is 2. The summed E-state index contributed by atoms with van der Waals surface area (Å²) in [7, 11) is 0. The molecule has 0 atom stereocenters. The molecule has 0 aliphatic heterocycles. The molecule has 0 N–H and O–H groups in total. The van der Waals surface area contributed by atoms with E-state index in [1.165, 1.54) is 132 Å². The summed E-state index contributed by atoms with van der Waals surface area (Å²) in [6.07, 6.45) is 5.90. The zero-order valence-electron chi connectivity index (χ0n) is 49.5. The molecule has 0 saturated heterocycles. The fourth-order valence-electron chi connectivity index (χ4n) is 12.7. The van der Waals surface area contributed by atoms with Crippen LogP contribution in [0, 0.1) is 0 Å². The van der Waals surface area contributed by atoms with Crippen LogP contribution in [0.5, 0.6) is 0 Å². The minimum Gasteiger partial charge on any atom is -0.308 e. The number of allylic oxidation sites excluding steroid dienone is 1. The molecule has 0 fully saturated rings. The molecule has 4 heterocycles. The molecule has 4 aromatic heterocycles. The number of hydrogen-bond donors (Lipinski definition) is 0. The molecule has 0 bridgehead atoms. The summed E-state index contributed by atoms with van der Waals surface area (Å²) in [4.78, 5) is 0. The number of aromatic nitrogens is 2. The van der Waals surface area contributed by atoms with Crippen molar-refractivity contribution >= 4 is 88.6 Å². The molecular formula is C75H80N2. The third-order valence-electron chi connectivity index (χ3n) is 17.6. The van der Waals surface area contributed by atoms with Gasteiger partial charge in [-0.05, 0) is 178 Å². The standard InChI is InChI=1S/C75H80N2/c1-43(44-20-25-47(26-21-44)70(2,3)4)54-42-66-57(62-40-52(75(17,18)19)39-61-56-36-50(73(11,12)13)30-33-64(56)77(66)69(61)62)41-58(54)67(45-22-27-48(28-23-45)71(5,6)7)46-24-31-53-59-37-51(74(14,15)16)38-60-55-35-49(72(8,9)10)29-32-63(55)76(68(59)60)65(53)34-46/h20-23,25-42H,1,24H2,2-19H3/b67-46+. The lowest BCUT2D eigenvalue weighted by molar-refractivity contribution is 0.590. The Morgan fingerprint density at radius 3 is 1.22 bits per heavy atom. The van der Waals surface area contributed by atoms with Gasteiger partial charge in [0, 0.05) is 42.9 Å². The van der Waals surface area contributed by atoms with Gasteiger partial charge >= 0.3 is 0 Å². The SMILES string of the molecule is C=C(c1ccc(C(C)(C)C)cc1)c1cc2c(cc1/C(=C1/C=c3c(c4cc(C(C)(C)C)cc5c6cc(C(C)(C)C)ccc6n3c45)=CC1)c1ccc(C(C)(C)C)cc1)c1cc(C(C)(C)C)cc3c4cc(C(C)(C)C)ccc4n2c31. The van der Waals surface area contributed by atoms with Crippen molar-refractivity contribution in [3.63, 3.8) is 0 Å². The lowest BCUT2D eigenvalue weighted by Crippen LogP contribution is -2.28. The van der Waals surface area contributed by atoms with Crippen LogP contribution in [-0.2, 0) is 32.5 Å². The van der Waals surface area contributed by atoms with E-state index < -0.39 is 0 Å². The Balaban J connectivity index is 1.24. The highest BCUT2D eigenvalue weighted by atomic mass is 14.9. The number of hydrogen-bond acceptors (Lipinski definition) is 0. The van der Waals surface area contributed by atoms with E-state index in [4.69, 9.17) is 6.58 Å². The molecular weight excluding hydrogens is 929 g/mol. The van der Waals surface area contributed by atoms with Crippen LogP contribution in [0.25, 0.3) is 88.6 Å². The Hall–Kier alpha value is -6.90. The monoisotopic (exact) mass is 1010 g/mol. The second-order valence-electron chi connectivity index (χ2n) is 29.3. The zero-order chi connectivity index (χ0) is 55.0. The average Bonchev–Trinajstić information content (AvgIpc) is 4.30. The Kier molecular flexibility index (Phi) is 10.9. The largest absolute Gasteiger partial charge is 0.308 e. The first-order chi connectivity index (χ1) is 35.9. The van der Waals surface area contributed by atoms with Gasteiger partial charge in [0.25, 0.3) is 0 Å². The maximum absolute atomic E-state index is 5.10. The van der Waals surface area contributed by atoms with Gasteiger partial charge in [0.1, 0.15) is 0 Å². The zero-order valence-corrected chi connectivity index (χ0v) is 49.5. The molecule has 12 rings (SSSR count). The van der Waals surface area contributed by atoms with Crippen LogP contribution in [-0.4, -0.2) is 8.80 Å². The number of fused-ring (bicyclic) bond motifs is 12. The summed E-state index contributed by atoms with van der Waals surface area (Å²) in [6.45, 7) is 47.0. The molecule has 1 aliphatic rings. The maximum atomic E-state index is 5.10. The molecule has 2 nitrogen and oxygen atoms in total. The van der Waals surface area contributed by atoms with Gasteiger partial charge in [-0.1, -0.05) is 198 Å². The molecule has 11 aromatic rings. The van der Waals surface area contributed by atoms with E-state index in [1.807, 2.05) is 0 Å². The summed E-state index contributed by atoms with van der Waals surface area (Å²) in [6, 6.07) is 48.3. The third kappa shape index (κ3) is 8.09. The van der Waals surface area contributed by atoms with Crippen LogP contribution >= 0.6 is 0 Å². The van der Waals surface area contributed by atoms with E-state index in [-0.39, 0.29) is 32.5 Å². The Morgan fingerprint density at radius 2 is 0.753 bits per heavy atom.